The van der Waals surface area contributed by atoms with Gasteiger partial charge in [0.2, 0.25) is 5.91 Å². The van der Waals surface area contributed by atoms with Crippen LogP contribution in [-0.2, 0) is 27.8 Å². The van der Waals surface area contributed by atoms with Gasteiger partial charge in [-0.1, -0.05) is 12.8 Å². The topological polar surface area (TPSA) is 81.8 Å². The molecule has 28 heavy (non-hydrogen) atoms. The monoisotopic (exact) mass is 374 g/mol. The van der Waals surface area contributed by atoms with Crippen LogP contribution in [-0.4, -0.2) is 33.9 Å². The number of fused-ring (bicyclic) bond motifs is 7. The fourth-order valence-corrected chi connectivity index (χ4v) is 5.74. The summed E-state index contributed by atoms with van der Waals surface area (Å²) in [5.41, 5.74) is 7.42. The van der Waals surface area contributed by atoms with Gasteiger partial charge in [0.1, 0.15) is 6.29 Å². The third-order valence-electron chi connectivity index (χ3n) is 7.04. The van der Waals surface area contributed by atoms with Crippen LogP contribution >= 0.6 is 0 Å². The summed E-state index contributed by atoms with van der Waals surface area (Å²) in [6, 6.07) is 4.33. The molecule has 6 nitrogen and oxygen atoms in total. The number of amides is 1. The molecule has 6 rings (SSSR count). The van der Waals surface area contributed by atoms with Crippen molar-refractivity contribution < 1.29 is 9.59 Å². The van der Waals surface area contributed by atoms with E-state index in [4.69, 9.17) is 0 Å². The molecule has 1 aliphatic heterocycles. The lowest BCUT2D eigenvalue weighted by Crippen LogP contribution is -2.39. The molecule has 2 aromatic heterocycles. The molecule has 1 fully saturated rings. The molecule has 3 aliphatic rings. The Morgan fingerprint density at radius 1 is 1.14 bits per heavy atom. The van der Waals surface area contributed by atoms with Crippen molar-refractivity contribution in [2.24, 2.45) is 0 Å². The first-order chi connectivity index (χ1) is 13.7. The maximum absolute atomic E-state index is 13.3. The fraction of sp³-hybridized carbons (Fsp3) is 0.409. The largest absolute Gasteiger partial charge is 0.353 e. The fourth-order valence-electron chi connectivity index (χ4n) is 5.74. The standard InChI is InChI=1S/C22H22N4O2/c27-9-8-26-18-10-15-14-5-3-4-13-12-23-25-19(13)20(14)24-17(15)11-16(18)22(21(26)28)6-1-2-7-22/h9-12,24H,1-8H2,(H,23,25). The van der Waals surface area contributed by atoms with Crippen molar-refractivity contribution in [2.45, 2.75) is 50.4 Å². The Morgan fingerprint density at radius 3 is 2.82 bits per heavy atom. The van der Waals surface area contributed by atoms with E-state index < -0.39 is 5.41 Å². The Kier molecular flexibility index (Phi) is 3.20. The molecule has 1 saturated carbocycles. The number of H-pyrrole nitrogens is 2. The first-order valence-electron chi connectivity index (χ1n) is 10.2. The maximum Gasteiger partial charge on any atom is 0.238 e. The van der Waals surface area contributed by atoms with Crippen molar-refractivity contribution in [3.8, 4) is 11.4 Å². The number of aromatic amines is 2. The van der Waals surface area contributed by atoms with Gasteiger partial charge in [-0.05, 0) is 60.9 Å². The predicted molar refractivity (Wildman–Crippen MR) is 106 cm³/mol. The van der Waals surface area contributed by atoms with Crippen LogP contribution in [0.3, 0.4) is 0 Å². The van der Waals surface area contributed by atoms with E-state index in [1.54, 1.807) is 4.90 Å². The smallest absolute Gasteiger partial charge is 0.238 e. The minimum atomic E-state index is -0.436. The van der Waals surface area contributed by atoms with E-state index in [2.05, 4.69) is 27.3 Å². The van der Waals surface area contributed by atoms with E-state index in [0.29, 0.717) is 0 Å². The normalized spacial score (nSPS) is 19.7. The van der Waals surface area contributed by atoms with Crippen molar-refractivity contribution in [1.82, 2.24) is 15.2 Å². The van der Waals surface area contributed by atoms with E-state index in [-0.39, 0.29) is 12.5 Å². The highest BCUT2D eigenvalue weighted by molar-refractivity contribution is 6.12. The molecule has 6 heteroatoms. The number of nitrogens with zero attached hydrogens (tertiary/aromatic N) is 2. The van der Waals surface area contributed by atoms with Gasteiger partial charge in [0.05, 0.1) is 29.5 Å². The molecule has 1 aromatic carbocycles. The number of aldehydes is 1. The van der Waals surface area contributed by atoms with Crippen LogP contribution in [0.15, 0.2) is 18.3 Å². The number of rotatable bonds is 2. The molecule has 2 aliphatic carbocycles. The maximum atomic E-state index is 13.3. The van der Waals surface area contributed by atoms with Crippen LogP contribution < -0.4 is 4.90 Å². The van der Waals surface area contributed by atoms with Crippen molar-refractivity contribution in [3.05, 3.63) is 35.0 Å². The van der Waals surface area contributed by atoms with Crippen LogP contribution in [0.25, 0.3) is 22.3 Å². The number of carbonyl (C=O) groups excluding carboxylic acids is 2. The summed E-state index contributed by atoms with van der Waals surface area (Å²) < 4.78 is 0. The molecule has 142 valence electrons. The van der Waals surface area contributed by atoms with E-state index in [0.717, 1.165) is 84.8 Å². The molecular formula is C22H22N4O2. The summed E-state index contributed by atoms with van der Waals surface area (Å²) in [6.07, 6.45) is 9.74. The van der Waals surface area contributed by atoms with Crippen molar-refractivity contribution in [2.75, 3.05) is 11.4 Å². The highest BCUT2D eigenvalue weighted by Crippen LogP contribution is 2.53. The highest BCUT2D eigenvalue weighted by atomic mass is 16.2. The van der Waals surface area contributed by atoms with Gasteiger partial charge >= 0.3 is 0 Å². The van der Waals surface area contributed by atoms with Crippen molar-refractivity contribution >= 4 is 28.8 Å². The Bertz CT molecular complexity index is 1130. The van der Waals surface area contributed by atoms with Gasteiger partial charge in [-0.2, -0.15) is 5.10 Å². The molecule has 0 atom stereocenters. The minimum Gasteiger partial charge on any atom is -0.353 e. The second kappa shape index (κ2) is 5.56. The zero-order chi connectivity index (χ0) is 18.9. The molecule has 3 aromatic rings. The number of benzene rings is 1. The van der Waals surface area contributed by atoms with E-state index in [1.165, 1.54) is 11.1 Å². The van der Waals surface area contributed by atoms with E-state index in [9.17, 15) is 9.59 Å². The summed E-state index contributed by atoms with van der Waals surface area (Å²) >= 11 is 0. The zero-order valence-corrected chi connectivity index (χ0v) is 15.7. The minimum absolute atomic E-state index is 0.113. The molecule has 0 saturated heterocycles. The van der Waals surface area contributed by atoms with Gasteiger partial charge < -0.3 is 14.7 Å². The molecule has 3 heterocycles. The number of aromatic nitrogens is 3. The molecule has 0 radical (unpaired) electrons. The number of hydrogen-bond donors (Lipinski definition) is 2. The van der Waals surface area contributed by atoms with Gasteiger partial charge in [-0.15, -0.1) is 0 Å². The lowest BCUT2D eigenvalue weighted by Gasteiger charge is -2.22. The SMILES string of the molecule is O=CCN1C(=O)C2(CCCC2)c2cc3[nH]c4c(c3cc21)CCCc1cn[nH]c1-4. The summed E-state index contributed by atoms with van der Waals surface area (Å²) in [7, 11) is 0. The van der Waals surface area contributed by atoms with Gasteiger partial charge in [0.15, 0.2) is 0 Å². The van der Waals surface area contributed by atoms with Crippen molar-refractivity contribution in [1.29, 1.82) is 0 Å². The Labute approximate surface area is 162 Å². The average Bonchev–Trinajstić information content (AvgIpc) is 3.45. The van der Waals surface area contributed by atoms with E-state index in [1.807, 2.05) is 6.20 Å². The van der Waals surface area contributed by atoms with Gasteiger partial charge in [0, 0.05) is 16.6 Å². The number of anilines is 1. The van der Waals surface area contributed by atoms with Crippen molar-refractivity contribution in [3.63, 3.8) is 0 Å². The van der Waals surface area contributed by atoms with Crippen LogP contribution in [0.4, 0.5) is 5.69 Å². The Morgan fingerprint density at radius 2 is 2.00 bits per heavy atom. The van der Waals surface area contributed by atoms with Crippen LogP contribution in [0.1, 0.15) is 48.8 Å². The van der Waals surface area contributed by atoms with Gasteiger partial charge in [0.25, 0.3) is 0 Å². The van der Waals surface area contributed by atoms with Crippen LogP contribution in [0.5, 0.6) is 0 Å². The van der Waals surface area contributed by atoms with E-state index >= 15 is 0 Å². The third-order valence-corrected chi connectivity index (χ3v) is 7.04. The second-order valence-corrected chi connectivity index (χ2v) is 8.39. The molecule has 0 unspecified atom stereocenters. The van der Waals surface area contributed by atoms with Gasteiger partial charge in [-0.3, -0.25) is 9.89 Å². The van der Waals surface area contributed by atoms with Crippen LogP contribution in [0, 0.1) is 0 Å². The number of hydrogen-bond acceptors (Lipinski definition) is 3. The lowest BCUT2D eigenvalue weighted by molar-refractivity contribution is -0.123. The average molecular weight is 374 g/mol. The first-order valence-corrected chi connectivity index (χ1v) is 10.2. The van der Waals surface area contributed by atoms with Crippen LogP contribution in [0.2, 0.25) is 0 Å². The quantitative estimate of drug-likeness (QED) is 0.675. The zero-order valence-electron chi connectivity index (χ0n) is 15.7. The predicted octanol–water partition coefficient (Wildman–Crippen LogP) is 3.40. The molecule has 1 spiro atoms. The summed E-state index contributed by atoms with van der Waals surface area (Å²) in [5.74, 6) is 0.113. The number of aryl methyl sites for hydroxylation is 2. The third kappa shape index (κ3) is 1.90. The lowest BCUT2D eigenvalue weighted by atomic mass is 9.80. The number of nitrogens with one attached hydrogen (secondary N) is 2. The molecular weight excluding hydrogens is 352 g/mol. The number of carbonyl (C=O) groups is 2. The summed E-state index contributed by atoms with van der Waals surface area (Å²) in [4.78, 5) is 29.9. The highest BCUT2D eigenvalue weighted by Gasteiger charge is 2.52. The molecule has 1 amide bonds. The summed E-state index contributed by atoms with van der Waals surface area (Å²) in [5, 5.41) is 8.57. The molecule has 0 bridgehead atoms. The second-order valence-electron chi connectivity index (χ2n) is 8.39. The Hall–Kier alpha value is -2.89. The first kappa shape index (κ1) is 16.1. The summed E-state index contributed by atoms with van der Waals surface area (Å²) in [6.45, 7) is 0.135. The Balaban J connectivity index is 1.62. The van der Waals surface area contributed by atoms with Gasteiger partial charge in [-0.25, -0.2) is 0 Å². The molecule has 2 N–H and O–H groups in total.